The van der Waals surface area contributed by atoms with Crippen LogP contribution in [0.25, 0.3) is 0 Å². The van der Waals surface area contributed by atoms with Gasteiger partial charge in [0.05, 0.1) is 18.2 Å². The van der Waals surface area contributed by atoms with Crippen LogP contribution < -0.4 is 11.1 Å². The summed E-state index contributed by atoms with van der Waals surface area (Å²) in [5.74, 6) is 0.510. The SMILES string of the molecule is COCC(CN)NC(=O)c1coc(C)c1. The summed E-state index contributed by atoms with van der Waals surface area (Å²) in [7, 11) is 1.57. The number of ether oxygens (including phenoxy) is 1. The summed E-state index contributed by atoms with van der Waals surface area (Å²) in [4.78, 5) is 11.6. The minimum absolute atomic E-state index is 0.169. The second-order valence-electron chi connectivity index (χ2n) is 3.31. The number of aryl methyl sites for hydroxylation is 1. The van der Waals surface area contributed by atoms with Gasteiger partial charge in [0.2, 0.25) is 0 Å². The van der Waals surface area contributed by atoms with Crippen LogP contribution in [0, 0.1) is 6.92 Å². The second kappa shape index (κ2) is 5.53. The van der Waals surface area contributed by atoms with E-state index in [0.717, 1.165) is 0 Å². The summed E-state index contributed by atoms with van der Waals surface area (Å²) in [5, 5.41) is 2.75. The van der Waals surface area contributed by atoms with Crippen molar-refractivity contribution in [2.45, 2.75) is 13.0 Å². The maximum absolute atomic E-state index is 11.6. The first kappa shape index (κ1) is 11.7. The van der Waals surface area contributed by atoms with Gasteiger partial charge in [0, 0.05) is 13.7 Å². The summed E-state index contributed by atoms with van der Waals surface area (Å²) in [6.07, 6.45) is 1.42. The Bertz CT molecular complexity index is 322. The number of rotatable bonds is 5. The van der Waals surface area contributed by atoms with E-state index in [0.29, 0.717) is 24.5 Å². The molecule has 1 heterocycles. The van der Waals surface area contributed by atoms with Crippen molar-refractivity contribution in [1.82, 2.24) is 5.32 Å². The molecule has 5 nitrogen and oxygen atoms in total. The minimum atomic E-state index is -0.195. The summed E-state index contributed by atoms with van der Waals surface area (Å²) in [5.41, 5.74) is 5.97. The van der Waals surface area contributed by atoms with E-state index < -0.39 is 0 Å². The molecule has 0 aliphatic heterocycles. The number of nitrogens with two attached hydrogens (primary N) is 1. The van der Waals surface area contributed by atoms with Gasteiger partial charge >= 0.3 is 0 Å². The largest absolute Gasteiger partial charge is 0.469 e. The zero-order chi connectivity index (χ0) is 11.3. The van der Waals surface area contributed by atoms with Crippen molar-refractivity contribution in [3.63, 3.8) is 0 Å². The van der Waals surface area contributed by atoms with E-state index >= 15 is 0 Å². The van der Waals surface area contributed by atoms with Crippen LogP contribution in [0.1, 0.15) is 16.1 Å². The normalized spacial score (nSPS) is 12.5. The van der Waals surface area contributed by atoms with Gasteiger partial charge in [0.15, 0.2) is 0 Å². The lowest BCUT2D eigenvalue weighted by molar-refractivity contribution is 0.0900. The van der Waals surface area contributed by atoms with Crippen LogP contribution in [0.3, 0.4) is 0 Å². The molecular weight excluding hydrogens is 196 g/mol. The number of nitrogens with one attached hydrogen (secondary N) is 1. The molecule has 0 saturated carbocycles. The van der Waals surface area contributed by atoms with Crippen molar-refractivity contribution in [3.05, 3.63) is 23.7 Å². The Hall–Kier alpha value is -1.33. The predicted molar refractivity (Wildman–Crippen MR) is 55.6 cm³/mol. The van der Waals surface area contributed by atoms with Crippen LogP contribution in [0.5, 0.6) is 0 Å². The van der Waals surface area contributed by atoms with Gasteiger partial charge in [-0.2, -0.15) is 0 Å². The van der Waals surface area contributed by atoms with Crippen molar-refractivity contribution in [3.8, 4) is 0 Å². The van der Waals surface area contributed by atoms with Gasteiger partial charge in [-0.25, -0.2) is 0 Å². The Kier molecular flexibility index (Phi) is 4.33. The van der Waals surface area contributed by atoms with Crippen LogP contribution in [0.4, 0.5) is 0 Å². The molecule has 5 heteroatoms. The molecule has 1 atom stereocenters. The summed E-state index contributed by atoms with van der Waals surface area (Å²) in [6, 6.07) is 1.51. The molecule has 1 unspecified atom stereocenters. The molecule has 0 fully saturated rings. The molecule has 3 N–H and O–H groups in total. The van der Waals surface area contributed by atoms with Gasteiger partial charge in [0.25, 0.3) is 5.91 Å². The minimum Gasteiger partial charge on any atom is -0.469 e. The van der Waals surface area contributed by atoms with Crippen LogP contribution in [-0.4, -0.2) is 32.2 Å². The molecule has 15 heavy (non-hydrogen) atoms. The van der Waals surface area contributed by atoms with Crippen LogP contribution in [0.2, 0.25) is 0 Å². The van der Waals surface area contributed by atoms with Crippen LogP contribution >= 0.6 is 0 Å². The van der Waals surface area contributed by atoms with Crippen molar-refractivity contribution in [2.75, 3.05) is 20.3 Å². The monoisotopic (exact) mass is 212 g/mol. The average molecular weight is 212 g/mol. The number of hydrogen-bond donors (Lipinski definition) is 2. The van der Waals surface area contributed by atoms with Crippen molar-refractivity contribution >= 4 is 5.91 Å². The van der Waals surface area contributed by atoms with Gasteiger partial charge in [-0.1, -0.05) is 0 Å². The van der Waals surface area contributed by atoms with E-state index in [9.17, 15) is 4.79 Å². The zero-order valence-corrected chi connectivity index (χ0v) is 8.95. The lowest BCUT2D eigenvalue weighted by Gasteiger charge is -2.14. The molecule has 0 aliphatic rings. The molecule has 0 aromatic carbocycles. The van der Waals surface area contributed by atoms with Crippen LogP contribution in [-0.2, 0) is 4.74 Å². The molecule has 0 saturated heterocycles. The number of hydrogen-bond acceptors (Lipinski definition) is 4. The van der Waals surface area contributed by atoms with E-state index in [-0.39, 0.29) is 11.9 Å². The molecule has 0 aliphatic carbocycles. The quantitative estimate of drug-likeness (QED) is 0.735. The molecule has 0 radical (unpaired) electrons. The summed E-state index contributed by atoms with van der Waals surface area (Å²) in [6.45, 7) is 2.53. The van der Waals surface area contributed by atoms with Crippen molar-refractivity contribution in [1.29, 1.82) is 0 Å². The molecule has 1 amide bonds. The number of carbonyl (C=O) groups excluding carboxylic acids is 1. The fourth-order valence-electron chi connectivity index (χ4n) is 1.20. The van der Waals surface area contributed by atoms with Crippen LogP contribution in [0.15, 0.2) is 16.7 Å². The molecule has 1 rings (SSSR count). The fourth-order valence-corrected chi connectivity index (χ4v) is 1.20. The third-order valence-corrected chi connectivity index (χ3v) is 1.98. The highest BCUT2D eigenvalue weighted by atomic mass is 16.5. The Labute approximate surface area is 88.6 Å². The molecule has 1 aromatic heterocycles. The average Bonchev–Trinajstić information content (AvgIpc) is 2.64. The van der Waals surface area contributed by atoms with E-state index in [1.54, 1.807) is 20.1 Å². The van der Waals surface area contributed by atoms with Gasteiger partial charge < -0.3 is 20.2 Å². The van der Waals surface area contributed by atoms with E-state index in [2.05, 4.69) is 5.32 Å². The van der Waals surface area contributed by atoms with E-state index in [1.807, 2.05) is 0 Å². The first-order valence-corrected chi connectivity index (χ1v) is 4.72. The highest BCUT2D eigenvalue weighted by Gasteiger charge is 2.13. The maximum atomic E-state index is 11.6. The highest BCUT2D eigenvalue weighted by molar-refractivity contribution is 5.94. The maximum Gasteiger partial charge on any atom is 0.254 e. The third-order valence-electron chi connectivity index (χ3n) is 1.98. The molecule has 0 spiro atoms. The van der Waals surface area contributed by atoms with E-state index in [1.165, 1.54) is 6.26 Å². The highest BCUT2D eigenvalue weighted by Crippen LogP contribution is 2.05. The molecule has 0 bridgehead atoms. The summed E-state index contributed by atoms with van der Waals surface area (Å²) >= 11 is 0. The molecule has 1 aromatic rings. The Morgan fingerprint density at radius 2 is 2.47 bits per heavy atom. The number of carbonyl (C=O) groups is 1. The topological polar surface area (TPSA) is 77.5 Å². The first-order valence-electron chi connectivity index (χ1n) is 4.72. The molecule has 84 valence electrons. The lowest BCUT2D eigenvalue weighted by atomic mass is 10.2. The van der Waals surface area contributed by atoms with E-state index in [4.69, 9.17) is 14.9 Å². The number of methoxy groups -OCH3 is 1. The smallest absolute Gasteiger partial charge is 0.254 e. The zero-order valence-electron chi connectivity index (χ0n) is 8.95. The fraction of sp³-hybridized carbons (Fsp3) is 0.500. The standard InChI is InChI=1S/C10H16N2O3/c1-7-3-8(5-15-7)10(13)12-9(4-11)6-14-2/h3,5,9H,4,6,11H2,1-2H3,(H,12,13). The second-order valence-corrected chi connectivity index (χ2v) is 3.31. The Balaban J connectivity index is 2.54. The third kappa shape index (κ3) is 3.38. The number of furan rings is 1. The lowest BCUT2D eigenvalue weighted by Crippen LogP contribution is -2.43. The Morgan fingerprint density at radius 3 is 2.93 bits per heavy atom. The van der Waals surface area contributed by atoms with Gasteiger partial charge in [-0.15, -0.1) is 0 Å². The van der Waals surface area contributed by atoms with Crippen molar-refractivity contribution < 1.29 is 13.9 Å². The molecular formula is C10H16N2O3. The predicted octanol–water partition coefficient (Wildman–Crippen LogP) is 0.292. The van der Waals surface area contributed by atoms with Gasteiger partial charge in [-0.3, -0.25) is 4.79 Å². The van der Waals surface area contributed by atoms with Gasteiger partial charge in [0.1, 0.15) is 12.0 Å². The first-order chi connectivity index (χ1) is 7.17. The van der Waals surface area contributed by atoms with Crippen molar-refractivity contribution in [2.24, 2.45) is 5.73 Å². The summed E-state index contributed by atoms with van der Waals surface area (Å²) < 4.78 is 9.96. The van der Waals surface area contributed by atoms with Gasteiger partial charge in [-0.05, 0) is 13.0 Å². The Morgan fingerprint density at radius 1 is 1.73 bits per heavy atom. The number of amides is 1.